The van der Waals surface area contributed by atoms with E-state index in [0.717, 1.165) is 0 Å². The molecule has 0 aliphatic rings. The van der Waals surface area contributed by atoms with E-state index in [1.54, 1.807) is 45.9 Å². The van der Waals surface area contributed by atoms with Crippen LogP contribution >= 0.6 is 15.6 Å². The quantitative estimate of drug-likeness (QED) is 0.331. The number of nitrogens with two attached hydrogens (primary N) is 1. The van der Waals surface area contributed by atoms with Crippen LogP contribution in [0.15, 0.2) is 18.2 Å². The molecule has 0 spiro atoms. The number of nitrogens with zero attached hydrogens (tertiary/aromatic N) is 1. The van der Waals surface area contributed by atoms with Gasteiger partial charge in [0.2, 0.25) is 0 Å². The molecule has 0 saturated heterocycles. The Bertz CT molecular complexity index is 611. The summed E-state index contributed by atoms with van der Waals surface area (Å²) in [4.78, 5) is 4.02. The van der Waals surface area contributed by atoms with Crippen LogP contribution in [0, 0.1) is 0 Å². The number of pyridine rings is 1. The summed E-state index contributed by atoms with van der Waals surface area (Å²) in [5, 5.41) is 2.66. The largest absolute Gasteiger partial charge is 0.478 e. The molecule has 0 saturated carbocycles. The Kier molecular flexibility index (Phi) is 10.4. The first kappa shape index (κ1) is 24.0. The second-order valence-corrected chi connectivity index (χ2v) is 7.94. The average Bonchev–Trinajstić information content (AvgIpc) is 2.55. The molecule has 27 heavy (non-hydrogen) atoms. The fourth-order valence-electron chi connectivity index (χ4n) is 1.79. The predicted molar refractivity (Wildman–Crippen MR) is 99.9 cm³/mol. The number of nitrogen functional groups attached to an aromatic ring is 1. The van der Waals surface area contributed by atoms with E-state index in [0.29, 0.717) is 0 Å². The summed E-state index contributed by atoms with van der Waals surface area (Å²) >= 11 is 0. The smallest absolute Gasteiger partial charge is 0.384 e. The van der Waals surface area contributed by atoms with Crippen molar-refractivity contribution in [1.82, 2.24) is 4.98 Å². The lowest BCUT2D eigenvalue weighted by Crippen LogP contribution is -2.27. The van der Waals surface area contributed by atoms with Gasteiger partial charge in [-0.05, 0) is 39.8 Å². The van der Waals surface area contributed by atoms with Gasteiger partial charge in [0.05, 0.1) is 26.4 Å². The monoisotopic (exact) mass is 427 g/mol. The van der Waals surface area contributed by atoms with Crippen LogP contribution < -0.4 is 11.1 Å². The maximum Gasteiger partial charge on any atom is 0.478 e. The fraction of sp³-hybridized carbons (Fsp3) is 0.643. The highest BCUT2D eigenvalue weighted by Crippen LogP contribution is 2.55. The van der Waals surface area contributed by atoms with Gasteiger partial charge in [-0.1, -0.05) is 6.07 Å². The highest BCUT2D eigenvalue weighted by Gasteiger charge is 2.37. The molecule has 0 aliphatic heterocycles. The number of aromatic nitrogens is 1. The van der Waals surface area contributed by atoms with E-state index in [1.165, 1.54) is 0 Å². The average molecular weight is 427 g/mol. The molecule has 156 valence electrons. The van der Waals surface area contributed by atoms with E-state index >= 15 is 0 Å². The molecule has 0 radical (unpaired) electrons. The van der Waals surface area contributed by atoms with Crippen molar-refractivity contribution < 1.29 is 36.3 Å². The van der Waals surface area contributed by atoms with Gasteiger partial charge in [0.1, 0.15) is 11.6 Å². The standard InChI is InChI=1S/C14H27N3O8P2/c1-5-20-26(18,21-6-2)24-14(17-13-11-9-10-12(15)16-13)25-27(19,22-7-3)23-8-4/h9-11,14H,5-8H2,1-4H3,(H3,15,16,17). The number of hydrogen-bond acceptors (Lipinski definition) is 11. The zero-order chi connectivity index (χ0) is 20.3. The Balaban J connectivity index is 3.10. The molecule has 0 unspecified atom stereocenters. The lowest BCUT2D eigenvalue weighted by Gasteiger charge is -2.26. The number of rotatable bonds is 14. The van der Waals surface area contributed by atoms with Crippen molar-refractivity contribution in [3.05, 3.63) is 18.2 Å². The molecular weight excluding hydrogens is 400 g/mol. The Labute approximate surface area is 159 Å². The molecule has 13 heteroatoms. The van der Waals surface area contributed by atoms with E-state index in [1.807, 2.05) is 0 Å². The molecule has 0 atom stereocenters. The van der Waals surface area contributed by atoms with Crippen LogP contribution in [0.2, 0.25) is 0 Å². The predicted octanol–water partition coefficient (Wildman–Crippen LogP) is 3.75. The van der Waals surface area contributed by atoms with Crippen molar-refractivity contribution in [3.8, 4) is 0 Å². The summed E-state index contributed by atoms with van der Waals surface area (Å²) in [6, 6.07) is 4.74. The molecule has 1 heterocycles. The molecule has 11 nitrogen and oxygen atoms in total. The van der Waals surface area contributed by atoms with E-state index in [9.17, 15) is 9.13 Å². The summed E-state index contributed by atoms with van der Waals surface area (Å²) in [6.45, 7) is 6.66. The van der Waals surface area contributed by atoms with Crippen molar-refractivity contribution in [2.24, 2.45) is 0 Å². The molecule has 0 amide bonds. The second kappa shape index (κ2) is 11.7. The van der Waals surface area contributed by atoms with Gasteiger partial charge in [-0.2, -0.15) is 0 Å². The summed E-state index contributed by atoms with van der Waals surface area (Å²) in [7, 11) is -8.05. The zero-order valence-electron chi connectivity index (χ0n) is 15.8. The van der Waals surface area contributed by atoms with Gasteiger partial charge < -0.3 is 11.1 Å². The normalized spacial score (nSPS) is 12.5. The number of nitrogens with one attached hydrogen (secondary N) is 1. The number of hydrogen-bond donors (Lipinski definition) is 2. The third-order valence-electron chi connectivity index (χ3n) is 2.63. The van der Waals surface area contributed by atoms with Crippen LogP contribution in [0.4, 0.5) is 11.6 Å². The summed E-state index contributed by atoms with van der Waals surface area (Å²) in [5.74, 6) is 0.424. The molecule has 1 aromatic rings. The minimum absolute atomic E-state index is 0.0507. The Hall–Kier alpha value is -1.03. The van der Waals surface area contributed by atoms with Gasteiger partial charge in [-0.3, -0.25) is 18.1 Å². The topological polar surface area (TPSA) is 140 Å². The first-order chi connectivity index (χ1) is 12.8. The summed E-state index contributed by atoms with van der Waals surface area (Å²) in [6.07, 6.45) is -1.59. The summed E-state index contributed by atoms with van der Waals surface area (Å²) < 4.78 is 56.3. The van der Waals surface area contributed by atoms with Crippen LogP contribution in [0.25, 0.3) is 0 Å². The maximum atomic E-state index is 12.7. The zero-order valence-corrected chi connectivity index (χ0v) is 17.6. The SMILES string of the molecule is CCOP(=O)(OCC)OC(Nc1cccc(N)n1)OP(=O)(OCC)OCC. The van der Waals surface area contributed by atoms with E-state index in [-0.39, 0.29) is 38.1 Å². The van der Waals surface area contributed by atoms with Crippen LogP contribution in [0.3, 0.4) is 0 Å². The van der Waals surface area contributed by atoms with E-state index < -0.39 is 22.1 Å². The first-order valence-electron chi connectivity index (χ1n) is 8.43. The van der Waals surface area contributed by atoms with Crippen molar-refractivity contribution in [3.63, 3.8) is 0 Å². The molecule has 1 rings (SSSR count). The minimum Gasteiger partial charge on any atom is -0.384 e. The number of phosphoric ester groups is 2. The van der Waals surface area contributed by atoms with Crippen LogP contribution in [0.1, 0.15) is 27.7 Å². The van der Waals surface area contributed by atoms with Gasteiger partial charge in [0.15, 0.2) is 0 Å². The third-order valence-corrected chi connectivity index (χ3v) is 5.83. The van der Waals surface area contributed by atoms with Crippen LogP contribution in [-0.4, -0.2) is 37.8 Å². The van der Waals surface area contributed by atoms with Gasteiger partial charge in [0, 0.05) is 0 Å². The highest BCUT2D eigenvalue weighted by atomic mass is 31.2. The van der Waals surface area contributed by atoms with Gasteiger partial charge in [0.25, 0.3) is 6.41 Å². The van der Waals surface area contributed by atoms with Crippen LogP contribution in [-0.2, 0) is 36.3 Å². The Morgan fingerprint density at radius 3 is 1.74 bits per heavy atom. The molecule has 0 bridgehead atoms. The molecular formula is C14H27N3O8P2. The van der Waals surface area contributed by atoms with Gasteiger partial charge in [-0.25, -0.2) is 23.2 Å². The van der Waals surface area contributed by atoms with E-state index in [4.69, 9.17) is 32.9 Å². The first-order valence-corrected chi connectivity index (χ1v) is 11.4. The minimum atomic E-state index is -4.03. The fourth-order valence-corrected chi connectivity index (χ4v) is 4.17. The highest BCUT2D eigenvalue weighted by molar-refractivity contribution is 7.49. The Morgan fingerprint density at radius 1 is 0.926 bits per heavy atom. The number of phosphoric acid groups is 2. The van der Waals surface area contributed by atoms with Crippen LogP contribution in [0.5, 0.6) is 0 Å². The van der Waals surface area contributed by atoms with Gasteiger partial charge in [-0.15, -0.1) is 0 Å². The summed E-state index contributed by atoms with van der Waals surface area (Å²) in [5.41, 5.74) is 5.64. The second-order valence-electron chi connectivity index (χ2n) is 4.70. The molecule has 3 N–H and O–H groups in total. The lowest BCUT2D eigenvalue weighted by molar-refractivity contribution is -0.0351. The van der Waals surface area contributed by atoms with Crippen molar-refractivity contribution in [1.29, 1.82) is 0 Å². The molecule has 0 aliphatic carbocycles. The molecule has 0 fully saturated rings. The van der Waals surface area contributed by atoms with Gasteiger partial charge >= 0.3 is 15.6 Å². The Morgan fingerprint density at radius 2 is 1.37 bits per heavy atom. The molecule has 1 aromatic heterocycles. The third kappa shape index (κ3) is 8.68. The van der Waals surface area contributed by atoms with E-state index in [2.05, 4.69) is 10.3 Å². The lowest BCUT2D eigenvalue weighted by atomic mass is 10.4. The number of anilines is 2. The van der Waals surface area contributed by atoms with Crippen molar-refractivity contribution >= 4 is 27.3 Å². The maximum absolute atomic E-state index is 12.7. The molecule has 0 aromatic carbocycles. The van der Waals surface area contributed by atoms with Crippen molar-refractivity contribution in [2.75, 3.05) is 37.5 Å². The van der Waals surface area contributed by atoms with Crippen molar-refractivity contribution in [2.45, 2.75) is 34.1 Å².